The van der Waals surface area contributed by atoms with Crippen LogP contribution in [-0.4, -0.2) is 4.98 Å². The van der Waals surface area contributed by atoms with E-state index in [1.807, 2.05) is 18.2 Å². The predicted octanol–water partition coefficient (Wildman–Crippen LogP) is 5.24. The smallest absolute Gasteiger partial charge is 0.362 e. The largest absolute Gasteiger partial charge is 0.417 e. The van der Waals surface area contributed by atoms with Gasteiger partial charge in [-0.15, -0.1) is 0 Å². The third-order valence-corrected chi connectivity index (χ3v) is 4.14. The summed E-state index contributed by atoms with van der Waals surface area (Å²) in [5, 5.41) is 3.16. The van der Waals surface area contributed by atoms with E-state index in [9.17, 15) is 13.2 Å². The number of alkyl halides is 3. The molecule has 0 spiro atoms. The molecule has 1 heterocycles. The number of rotatable bonds is 2. The molecular weight excluding hydrogens is 313 g/mol. The van der Waals surface area contributed by atoms with Crippen LogP contribution in [0.2, 0.25) is 5.02 Å². The van der Waals surface area contributed by atoms with Gasteiger partial charge >= 0.3 is 6.18 Å². The molecule has 0 aliphatic heterocycles. The Morgan fingerprint density at radius 1 is 1.23 bits per heavy atom. The van der Waals surface area contributed by atoms with Gasteiger partial charge in [0.05, 0.1) is 16.6 Å². The monoisotopic (exact) mass is 326 g/mol. The summed E-state index contributed by atoms with van der Waals surface area (Å²) < 4.78 is 37.9. The lowest BCUT2D eigenvalue weighted by atomic mass is 9.88. The molecule has 0 unspecified atom stereocenters. The fourth-order valence-electron chi connectivity index (χ4n) is 2.77. The van der Waals surface area contributed by atoms with Gasteiger partial charge < -0.3 is 5.32 Å². The van der Waals surface area contributed by atoms with Gasteiger partial charge in [0.2, 0.25) is 0 Å². The van der Waals surface area contributed by atoms with Crippen LogP contribution in [0.4, 0.5) is 19.0 Å². The molecule has 2 aromatic rings. The van der Waals surface area contributed by atoms with Crippen molar-refractivity contribution in [3.8, 4) is 0 Å². The number of aromatic nitrogens is 1. The molecule has 1 aromatic heterocycles. The number of nitrogens with zero attached hydrogens (tertiary/aromatic N) is 1. The Hall–Kier alpha value is -1.75. The third kappa shape index (κ3) is 3.04. The lowest BCUT2D eigenvalue weighted by Gasteiger charge is -2.27. The lowest BCUT2D eigenvalue weighted by molar-refractivity contribution is -0.137. The van der Waals surface area contributed by atoms with E-state index in [1.54, 1.807) is 0 Å². The van der Waals surface area contributed by atoms with Gasteiger partial charge in [-0.2, -0.15) is 13.2 Å². The van der Waals surface area contributed by atoms with Crippen molar-refractivity contribution in [3.63, 3.8) is 0 Å². The van der Waals surface area contributed by atoms with Gasteiger partial charge in [-0.25, -0.2) is 4.98 Å². The molecule has 0 fully saturated rings. The van der Waals surface area contributed by atoms with Crippen LogP contribution in [0.3, 0.4) is 0 Å². The zero-order valence-corrected chi connectivity index (χ0v) is 12.4. The van der Waals surface area contributed by atoms with Gasteiger partial charge in [-0.1, -0.05) is 35.9 Å². The van der Waals surface area contributed by atoms with Gasteiger partial charge in [0, 0.05) is 6.20 Å². The predicted molar refractivity (Wildman–Crippen MR) is 80.0 cm³/mol. The molecule has 116 valence electrons. The fraction of sp³-hybridized carbons (Fsp3) is 0.312. The average molecular weight is 327 g/mol. The van der Waals surface area contributed by atoms with Crippen LogP contribution >= 0.6 is 11.6 Å². The molecule has 6 heteroatoms. The Bertz CT molecular complexity index is 685. The fourth-order valence-corrected chi connectivity index (χ4v) is 2.99. The molecule has 22 heavy (non-hydrogen) atoms. The first-order valence-electron chi connectivity index (χ1n) is 7.02. The van der Waals surface area contributed by atoms with Crippen molar-refractivity contribution in [2.75, 3.05) is 5.32 Å². The Morgan fingerprint density at radius 3 is 2.73 bits per heavy atom. The molecule has 0 amide bonds. The number of hydrogen-bond acceptors (Lipinski definition) is 2. The Kier molecular flexibility index (Phi) is 4.00. The first kappa shape index (κ1) is 15.2. The highest BCUT2D eigenvalue weighted by Gasteiger charge is 2.32. The Balaban J connectivity index is 1.86. The number of halogens is 4. The number of nitrogens with one attached hydrogen (secondary N) is 1. The molecule has 1 aliphatic rings. The first-order chi connectivity index (χ1) is 10.4. The zero-order valence-electron chi connectivity index (χ0n) is 11.6. The van der Waals surface area contributed by atoms with E-state index in [-0.39, 0.29) is 16.9 Å². The maximum Gasteiger partial charge on any atom is 0.417 e. The maximum atomic E-state index is 12.6. The van der Waals surface area contributed by atoms with E-state index >= 15 is 0 Å². The third-order valence-electron chi connectivity index (χ3n) is 3.85. The molecule has 3 rings (SSSR count). The molecule has 0 saturated heterocycles. The Labute approximate surface area is 131 Å². The van der Waals surface area contributed by atoms with Gasteiger partial charge in [0.15, 0.2) is 0 Å². The van der Waals surface area contributed by atoms with Crippen molar-refractivity contribution in [1.29, 1.82) is 0 Å². The normalized spacial score (nSPS) is 17.9. The summed E-state index contributed by atoms with van der Waals surface area (Å²) in [5.41, 5.74) is 1.58. The highest BCUT2D eigenvalue weighted by Crippen LogP contribution is 2.36. The van der Waals surface area contributed by atoms with Crippen molar-refractivity contribution < 1.29 is 13.2 Å². The van der Waals surface area contributed by atoms with Crippen LogP contribution < -0.4 is 5.32 Å². The van der Waals surface area contributed by atoms with Crippen LogP contribution in [-0.2, 0) is 12.6 Å². The molecule has 0 bridgehead atoms. The summed E-state index contributed by atoms with van der Waals surface area (Å²) in [6.07, 6.45) is -0.693. The number of hydrogen-bond donors (Lipinski definition) is 1. The summed E-state index contributed by atoms with van der Waals surface area (Å²) in [4.78, 5) is 3.85. The highest BCUT2D eigenvalue weighted by atomic mass is 35.5. The lowest BCUT2D eigenvalue weighted by Crippen LogP contribution is -2.18. The number of benzene rings is 1. The minimum atomic E-state index is -4.44. The quantitative estimate of drug-likeness (QED) is 0.816. The Morgan fingerprint density at radius 2 is 2.00 bits per heavy atom. The summed E-state index contributed by atoms with van der Waals surface area (Å²) in [6.45, 7) is 0. The number of fused-ring (bicyclic) bond motifs is 1. The van der Waals surface area contributed by atoms with Crippen LogP contribution in [0.5, 0.6) is 0 Å². The van der Waals surface area contributed by atoms with Crippen LogP contribution in [0.15, 0.2) is 36.5 Å². The topological polar surface area (TPSA) is 24.9 Å². The molecule has 0 saturated carbocycles. The van der Waals surface area contributed by atoms with Gasteiger partial charge in [0.1, 0.15) is 5.82 Å². The zero-order chi connectivity index (χ0) is 15.7. The van der Waals surface area contributed by atoms with Crippen molar-refractivity contribution >= 4 is 17.4 Å². The van der Waals surface area contributed by atoms with E-state index in [1.165, 1.54) is 5.56 Å². The first-order valence-corrected chi connectivity index (χ1v) is 7.40. The summed E-state index contributed by atoms with van der Waals surface area (Å²) in [7, 11) is 0. The van der Waals surface area contributed by atoms with Crippen molar-refractivity contribution in [2.24, 2.45) is 0 Å². The van der Waals surface area contributed by atoms with E-state index in [0.717, 1.165) is 37.1 Å². The standard InChI is InChI=1S/C16H14ClF3N2/c17-13-8-11(16(18,19)20)9-21-15(13)22-14-7-3-5-10-4-1-2-6-12(10)14/h1-2,4,6,8-9,14H,3,5,7H2,(H,21,22)/t14-/m1/s1. The second-order valence-corrected chi connectivity index (χ2v) is 5.75. The minimum absolute atomic E-state index is 0.0159. The summed E-state index contributed by atoms with van der Waals surface area (Å²) in [5.74, 6) is 0.288. The average Bonchev–Trinajstić information content (AvgIpc) is 2.48. The van der Waals surface area contributed by atoms with E-state index in [4.69, 9.17) is 11.6 Å². The second-order valence-electron chi connectivity index (χ2n) is 5.34. The van der Waals surface area contributed by atoms with Gasteiger partial charge in [-0.05, 0) is 36.5 Å². The van der Waals surface area contributed by atoms with E-state index < -0.39 is 11.7 Å². The molecule has 0 radical (unpaired) electrons. The van der Waals surface area contributed by atoms with Crippen LogP contribution in [0, 0.1) is 0 Å². The SMILES string of the molecule is FC(F)(F)c1cnc(N[C@@H]2CCCc3ccccc32)c(Cl)c1. The van der Waals surface area contributed by atoms with Crippen molar-refractivity contribution in [2.45, 2.75) is 31.5 Å². The van der Waals surface area contributed by atoms with Crippen molar-refractivity contribution in [1.82, 2.24) is 4.98 Å². The van der Waals surface area contributed by atoms with E-state index in [0.29, 0.717) is 0 Å². The molecule has 1 atom stereocenters. The maximum absolute atomic E-state index is 12.6. The second kappa shape index (κ2) is 5.80. The summed E-state index contributed by atoms with van der Waals surface area (Å²) >= 11 is 5.96. The van der Waals surface area contributed by atoms with E-state index in [2.05, 4.69) is 16.4 Å². The highest BCUT2D eigenvalue weighted by molar-refractivity contribution is 6.33. The van der Waals surface area contributed by atoms with Gasteiger partial charge in [-0.3, -0.25) is 0 Å². The number of anilines is 1. The molecular formula is C16H14ClF3N2. The molecule has 1 aromatic carbocycles. The van der Waals surface area contributed by atoms with Crippen molar-refractivity contribution in [3.05, 3.63) is 58.2 Å². The van der Waals surface area contributed by atoms with Gasteiger partial charge in [0.25, 0.3) is 0 Å². The molecule has 2 nitrogen and oxygen atoms in total. The summed E-state index contributed by atoms with van der Waals surface area (Å²) in [6, 6.07) is 8.98. The minimum Gasteiger partial charge on any atom is -0.362 e. The van der Waals surface area contributed by atoms with Crippen LogP contribution in [0.25, 0.3) is 0 Å². The molecule has 1 N–H and O–H groups in total. The molecule has 1 aliphatic carbocycles. The number of pyridine rings is 1. The number of aryl methyl sites for hydroxylation is 1. The van der Waals surface area contributed by atoms with Crippen LogP contribution in [0.1, 0.15) is 35.6 Å².